The number of hydrogen-bond donors (Lipinski definition) is 6. The second-order valence-electron chi connectivity index (χ2n) is 12.5. The van der Waals surface area contributed by atoms with Crippen molar-refractivity contribution in [2.24, 2.45) is 0 Å². The van der Waals surface area contributed by atoms with Crippen LogP contribution in [-0.4, -0.2) is 77.0 Å². The lowest BCUT2D eigenvalue weighted by Crippen LogP contribution is -2.08. The molecule has 0 aliphatic rings. The minimum atomic E-state index is 0.479. The van der Waals surface area contributed by atoms with Gasteiger partial charge in [0.25, 0.3) is 0 Å². The van der Waals surface area contributed by atoms with Crippen LogP contribution in [0.4, 0.5) is 23.0 Å². The highest BCUT2D eigenvalue weighted by Crippen LogP contribution is 2.28. The van der Waals surface area contributed by atoms with E-state index in [2.05, 4.69) is 84.5 Å². The van der Waals surface area contributed by atoms with Crippen molar-refractivity contribution in [3.8, 4) is 5.69 Å². The van der Waals surface area contributed by atoms with Gasteiger partial charge in [-0.3, -0.25) is 5.10 Å². The van der Waals surface area contributed by atoms with Gasteiger partial charge in [0.1, 0.15) is 11.6 Å². The van der Waals surface area contributed by atoms with Gasteiger partial charge >= 0.3 is 0 Å². The SMILES string of the molecule is CCCCNC.Nc1cc(NCCc2cccnn2)c2ccc(-n3cccn3)cc2n1.Nc1cc(NCCc2cccnn2)c2ccc(Br)cc2n1.c1cn[nH]c1. The number of hydrogen-bond acceptors (Lipinski definition) is 13. The zero-order valence-corrected chi connectivity index (χ0v) is 33.6. The summed E-state index contributed by atoms with van der Waals surface area (Å²) >= 11 is 3.45. The number of anilines is 4. The van der Waals surface area contributed by atoms with Crippen LogP contribution in [0.3, 0.4) is 0 Å². The third-order valence-electron chi connectivity index (χ3n) is 8.21. The number of nitrogens with zero attached hydrogens (tertiary/aromatic N) is 9. The summed E-state index contributed by atoms with van der Waals surface area (Å²) in [4.78, 5) is 8.80. The van der Waals surface area contributed by atoms with E-state index in [9.17, 15) is 0 Å². The summed E-state index contributed by atoms with van der Waals surface area (Å²) in [6.07, 6.45) is 14.6. The molecule has 0 aliphatic carbocycles. The topological polar surface area (TPSA) is 212 Å². The number of pyridine rings is 2. The van der Waals surface area contributed by atoms with Crippen LogP contribution < -0.4 is 27.4 Å². The molecular formula is C41H48BrN15. The van der Waals surface area contributed by atoms with Crippen molar-refractivity contribution in [1.82, 2.24) is 55.7 Å². The number of nitrogens with two attached hydrogens (primary N) is 2. The van der Waals surface area contributed by atoms with E-state index in [1.165, 1.54) is 12.8 Å². The van der Waals surface area contributed by atoms with Crippen LogP contribution in [0.25, 0.3) is 27.5 Å². The number of nitrogens with one attached hydrogen (secondary N) is 4. The van der Waals surface area contributed by atoms with Crippen LogP contribution in [0.15, 0.2) is 127 Å². The van der Waals surface area contributed by atoms with Crippen molar-refractivity contribution in [2.45, 2.75) is 32.6 Å². The fraction of sp³-hybridized carbons (Fsp3) is 0.220. The maximum Gasteiger partial charge on any atom is 0.126 e. The highest BCUT2D eigenvalue weighted by Gasteiger charge is 2.08. The number of H-pyrrole nitrogens is 1. The Kier molecular flexibility index (Phi) is 16.6. The van der Waals surface area contributed by atoms with E-state index < -0.39 is 0 Å². The summed E-state index contributed by atoms with van der Waals surface area (Å²) in [5.74, 6) is 0.981. The molecule has 6 heterocycles. The number of halogens is 1. The Morgan fingerprint density at radius 3 is 1.81 bits per heavy atom. The van der Waals surface area contributed by atoms with E-state index in [4.69, 9.17) is 11.5 Å². The Labute approximate surface area is 340 Å². The molecule has 0 amide bonds. The van der Waals surface area contributed by atoms with Crippen LogP contribution in [0.1, 0.15) is 31.2 Å². The van der Waals surface area contributed by atoms with Crippen molar-refractivity contribution in [1.29, 1.82) is 0 Å². The Hall–Kier alpha value is -6.52. The molecule has 0 radical (unpaired) electrons. The van der Waals surface area contributed by atoms with Crippen molar-refractivity contribution in [2.75, 3.05) is 48.8 Å². The van der Waals surface area contributed by atoms with Crippen LogP contribution >= 0.6 is 15.9 Å². The average molecular weight is 831 g/mol. The first-order valence-electron chi connectivity index (χ1n) is 18.6. The van der Waals surface area contributed by atoms with Crippen molar-refractivity contribution in [3.63, 3.8) is 0 Å². The molecule has 0 fully saturated rings. The number of fused-ring (bicyclic) bond motifs is 2. The summed E-state index contributed by atoms with van der Waals surface area (Å²) in [5, 5.41) is 38.3. The summed E-state index contributed by atoms with van der Waals surface area (Å²) in [6.45, 7) is 4.85. The standard InChI is InChI=1S/C18H17N7.C15H14BrN5.C5H13N.C3H4N2/c19-18-12-16(20-9-6-13-3-1-7-21-24-13)15-5-4-14(11-17(15)23-18)25-10-2-8-22-25;16-10-3-4-12-13(9-15(17)20-14(12)8-10)18-7-5-11-2-1-6-19-21-11;1-3-4-5-6-2;1-2-4-5-3-1/h1-5,7-8,10-12H,6,9H2,(H3,19,20,23);1-4,6,8-9H,5,7H2,(H3,17,18,20);6H,3-5H2,1-2H3;1-3H,(H,4,5). The van der Waals surface area contributed by atoms with Gasteiger partial charge in [-0.2, -0.15) is 30.6 Å². The minimum Gasteiger partial charge on any atom is -0.384 e. The molecule has 8 aromatic rings. The molecule has 0 atom stereocenters. The maximum atomic E-state index is 5.98. The number of aromatic amines is 1. The van der Waals surface area contributed by atoms with Gasteiger partial charge in [-0.05, 0) is 92.8 Å². The fourth-order valence-corrected chi connectivity index (χ4v) is 5.82. The molecule has 6 aromatic heterocycles. The number of nitrogen functional groups attached to an aromatic ring is 2. The molecular weight excluding hydrogens is 782 g/mol. The normalized spacial score (nSPS) is 10.4. The molecule has 2 aromatic carbocycles. The van der Waals surface area contributed by atoms with Gasteiger partial charge in [0.15, 0.2) is 0 Å². The summed E-state index contributed by atoms with van der Waals surface area (Å²) in [6, 6.07) is 27.1. The molecule has 0 spiro atoms. The first kappa shape index (κ1) is 41.6. The van der Waals surface area contributed by atoms with E-state index in [-0.39, 0.29) is 0 Å². The average Bonchev–Trinajstić information content (AvgIpc) is 4.00. The molecule has 57 heavy (non-hydrogen) atoms. The molecule has 294 valence electrons. The molecule has 15 nitrogen and oxygen atoms in total. The molecule has 0 saturated carbocycles. The lowest BCUT2D eigenvalue weighted by molar-refractivity contribution is 0.711. The number of aromatic nitrogens is 10. The van der Waals surface area contributed by atoms with Crippen LogP contribution in [0.5, 0.6) is 0 Å². The van der Waals surface area contributed by atoms with Gasteiger partial charge in [0.05, 0.1) is 28.1 Å². The Morgan fingerprint density at radius 2 is 1.33 bits per heavy atom. The Morgan fingerprint density at radius 1 is 0.702 bits per heavy atom. The highest BCUT2D eigenvalue weighted by atomic mass is 79.9. The van der Waals surface area contributed by atoms with Crippen LogP contribution in [0, 0.1) is 0 Å². The third kappa shape index (κ3) is 13.6. The number of unbranched alkanes of at least 4 members (excludes halogenated alkanes) is 1. The monoisotopic (exact) mass is 829 g/mol. The zero-order valence-electron chi connectivity index (χ0n) is 32.1. The minimum absolute atomic E-state index is 0.479. The van der Waals surface area contributed by atoms with Gasteiger partial charge in [-0.1, -0.05) is 29.3 Å². The first-order valence-corrected chi connectivity index (χ1v) is 19.4. The van der Waals surface area contributed by atoms with E-state index in [1.807, 2.05) is 98.2 Å². The molecule has 16 heteroatoms. The van der Waals surface area contributed by atoms with Gasteiger partial charge in [0, 0.05) is 102 Å². The predicted octanol–water partition coefficient (Wildman–Crippen LogP) is 6.89. The van der Waals surface area contributed by atoms with E-state index in [0.29, 0.717) is 11.6 Å². The van der Waals surface area contributed by atoms with Crippen molar-refractivity contribution >= 4 is 60.7 Å². The quantitative estimate of drug-likeness (QED) is 0.0694. The Bertz CT molecular complexity index is 2300. The van der Waals surface area contributed by atoms with E-state index >= 15 is 0 Å². The molecule has 8 rings (SSSR count). The largest absolute Gasteiger partial charge is 0.384 e. The predicted molar refractivity (Wildman–Crippen MR) is 233 cm³/mol. The van der Waals surface area contributed by atoms with E-state index in [0.717, 1.165) is 87.2 Å². The summed E-state index contributed by atoms with van der Waals surface area (Å²) in [7, 11) is 1.98. The van der Waals surface area contributed by atoms with Crippen molar-refractivity contribution < 1.29 is 0 Å². The van der Waals surface area contributed by atoms with Crippen LogP contribution in [0.2, 0.25) is 0 Å². The lowest BCUT2D eigenvalue weighted by atomic mass is 10.1. The lowest BCUT2D eigenvalue weighted by Gasteiger charge is -2.11. The second-order valence-corrected chi connectivity index (χ2v) is 13.4. The molecule has 0 unspecified atom stereocenters. The van der Waals surface area contributed by atoms with Crippen LogP contribution in [-0.2, 0) is 12.8 Å². The second kappa shape index (κ2) is 22.8. The van der Waals surface area contributed by atoms with E-state index in [1.54, 1.807) is 35.7 Å². The summed E-state index contributed by atoms with van der Waals surface area (Å²) in [5.41, 5.74) is 18.3. The number of rotatable bonds is 12. The van der Waals surface area contributed by atoms with Gasteiger partial charge in [0.2, 0.25) is 0 Å². The highest BCUT2D eigenvalue weighted by molar-refractivity contribution is 9.10. The molecule has 8 N–H and O–H groups in total. The maximum absolute atomic E-state index is 5.98. The van der Waals surface area contributed by atoms with Crippen molar-refractivity contribution in [3.05, 3.63) is 138 Å². The van der Waals surface area contributed by atoms with Gasteiger partial charge in [-0.25, -0.2) is 14.6 Å². The smallest absolute Gasteiger partial charge is 0.126 e. The Balaban J connectivity index is 0.000000174. The number of benzene rings is 2. The van der Waals surface area contributed by atoms with Gasteiger partial charge in [-0.15, -0.1) is 0 Å². The fourth-order valence-electron chi connectivity index (χ4n) is 5.47. The molecule has 0 aliphatic heterocycles. The van der Waals surface area contributed by atoms with Gasteiger partial charge < -0.3 is 27.4 Å². The third-order valence-corrected chi connectivity index (χ3v) is 8.70. The molecule has 0 bridgehead atoms. The summed E-state index contributed by atoms with van der Waals surface area (Å²) < 4.78 is 2.78. The first-order chi connectivity index (χ1) is 27.9. The molecule has 0 saturated heterocycles. The zero-order chi connectivity index (χ0) is 40.1.